The summed E-state index contributed by atoms with van der Waals surface area (Å²) in [7, 11) is 0. The molecule has 2 fully saturated rings. The Morgan fingerprint density at radius 1 is 1.32 bits per heavy atom. The number of carbonyl (C=O) groups excluding carboxylic acids is 2. The molecule has 25 heavy (non-hydrogen) atoms. The molecule has 0 atom stereocenters. The van der Waals surface area contributed by atoms with E-state index < -0.39 is 4.92 Å². The predicted molar refractivity (Wildman–Crippen MR) is 88.3 cm³/mol. The molecule has 0 spiro atoms. The van der Waals surface area contributed by atoms with E-state index in [9.17, 15) is 19.7 Å². The highest BCUT2D eigenvalue weighted by Gasteiger charge is 2.42. The summed E-state index contributed by atoms with van der Waals surface area (Å²) in [4.78, 5) is 36.4. The van der Waals surface area contributed by atoms with Crippen molar-refractivity contribution in [2.24, 2.45) is 11.8 Å². The molecule has 132 valence electrons. The Morgan fingerprint density at radius 3 is 2.60 bits per heavy atom. The van der Waals surface area contributed by atoms with Crippen LogP contribution in [0.15, 0.2) is 18.2 Å². The van der Waals surface area contributed by atoms with Gasteiger partial charge in [0.05, 0.1) is 10.6 Å². The van der Waals surface area contributed by atoms with Crippen molar-refractivity contribution in [3.8, 4) is 5.75 Å². The van der Waals surface area contributed by atoms with Crippen molar-refractivity contribution >= 4 is 23.2 Å². The number of carbonyl (C=O) groups is 2. The number of nitro benzene ring substituents is 1. The highest BCUT2D eigenvalue weighted by Crippen LogP contribution is 2.44. The van der Waals surface area contributed by atoms with Crippen LogP contribution in [0, 0.1) is 22.0 Å². The first-order chi connectivity index (χ1) is 12.0. The molecule has 0 saturated heterocycles. The minimum atomic E-state index is -0.534. The maximum Gasteiger partial charge on any atom is 0.271 e. The standard InChI is InChI=1S/C17H19N3O5/c21-15(18-17(10-1-2-10)11-3-4-11)8-19-13-7-12(20(23)24)5-6-14(13)25-9-16(19)22/h5-7,10-11,17H,1-4,8-9H2,(H,18,21). The van der Waals surface area contributed by atoms with Crippen LogP contribution in [0.25, 0.3) is 0 Å². The number of nitro groups is 1. The van der Waals surface area contributed by atoms with Gasteiger partial charge in [0, 0.05) is 18.2 Å². The summed E-state index contributed by atoms with van der Waals surface area (Å²) in [5.41, 5.74) is 0.131. The van der Waals surface area contributed by atoms with Gasteiger partial charge in [0.2, 0.25) is 5.91 Å². The lowest BCUT2D eigenvalue weighted by molar-refractivity contribution is -0.384. The Bertz CT molecular complexity index is 730. The third kappa shape index (κ3) is 3.29. The van der Waals surface area contributed by atoms with Gasteiger partial charge in [-0.25, -0.2) is 0 Å². The molecule has 2 amide bonds. The molecule has 1 aliphatic heterocycles. The van der Waals surface area contributed by atoms with Gasteiger partial charge >= 0.3 is 0 Å². The van der Waals surface area contributed by atoms with Gasteiger partial charge in [-0.15, -0.1) is 0 Å². The molecule has 2 aliphatic carbocycles. The van der Waals surface area contributed by atoms with Crippen LogP contribution in [0.4, 0.5) is 11.4 Å². The first kappa shape index (κ1) is 15.9. The number of fused-ring (bicyclic) bond motifs is 1. The van der Waals surface area contributed by atoms with E-state index in [0.29, 0.717) is 17.6 Å². The molecule has 4 rings (SSSR count). The Kier molecular flexibility index (Phi) is 3.82. The van der Waals surface area contributed by atoms with Gasteiger partial charge in [0.25, 0.3) is 11.6 Å². The summed E-state index contributed by atoms with van der Waals surface area (Å²) in [6.07, 6.45) is 4.58. The number of ether oxygens (including phenoxy) is 1. The summed E-state index contributed by atoms with van der Waals surface area (Å²) in [6, 6.07) is 4.26. The minimum absolute atomic E-state index is 0.142. The second-order valence-corrected chi connectivity index (χ2v) is 6.95. The molecule has 1 N–H and O–H groups in total. The average molecular weight is 345 g/mol. The number of rotatable bonds is 6. The number of amides is 2. The minimum Gasteiger partial charge on any atom is -0.482 e. The van der Waals surface area contributed by atoms with E-state index in [1.54, 1.807) is 0 Å². The smallest absolute Gasteiger partial charge is 0.271 e. The number of benzene rings is 1. The molecule has 1 heterocycles. The summed E-state index contributed by atoms with van der Waals surface area (Å²) in [5, 5.41) is 14.1. The van der Waals surface area contributed by atoms with Crippen molar-refractivity contribution in [3.63, 3.8) is 0 Å². The van der Waals surface area contributed by atoms with E-state index in [1.807, 2.05) is 0 Å². The van der Waals surface area contributed by atoms with E-state index >= 15 is 0 Å². The van der Waals surface area contributed by atoms with Gasteiger partial charge in [0.15, 0.2) is 6.61 Å². The highest BCUT2D eigenvalue weighted by atomic mass is 16.6. The predicted octanol–water partition coefficient (Wildman–Crippen LogP) is 1.62. The second kappa shape index (κ2) is 6.02. The van der Waals surface area contributed by atoms with Crippen molar-refractivity contribution in [2.75, 3.05) is 18.1 Å². The summed E-state index contributed by atoms with van der Waals surface area (Å²) < 4.78 is 5.31. The first-order valence-electron chi connectivity index (χ1n) is 8.54. The van der Waals surface area contributed by atoms with Crippen LogP contribution in [0.2, 0.25) is 0 Å². The van der Waals surface area contributed by atoms with Crippen molar-refractivity contribution in [2.45, 2.75) is 31.7 Å². The summed E-state index contributed by atoms with van der Waals surface area (Å²) in [6.45, 7) is -0.320. The normalized spacial score (nSPS) is 19.4. The Labute approximate surface area is 144 Å². The third-order valence-corrected chi connectivity index (χ3v) is 4.99. The van der Waals surface area contributed by atoms with Gasteiger partial charge in [0.1, 0.15) is 12.3 Å². The molecular formula is C17H19N3O5. The number of non-ortho nitro benzene ring substituents is 1. The average Bonchev–Trinajstić information content (AvgIpc) is 3.47. The molecule has 0 radical (unpaired) electrons. The van der Waals surface area contributed by atoms with Crippen LogP contribution in [0.1, 0.15) is 25.7 Å². The molecule has 8 heteroatoms. The first-order valence-corrected chi connectivity index (χ1v) is 8.54. The van der Waals surface area contributed by atoms with E-state index in [-0.39, 0.29) is 42.4 Å². The largest absolute Gasteiger partial charge is 0.482 e. The highest BCUT2D eigenvalue weighted by molar-refractivity contribution is 6.02. The summed E-state index contributed by atoms with van der Waals surface area (Å²) >= 11 is 0. The van der Waals surface area contributed by atoms with Gasteiger partial charge in [-0.05, 0) is 43.6 Å². The molecular weight excluding hydrogens is 326 g/mol. The second-order valence-electron chi connectivity index (χ2n) is 6.95. The molecule has 0 aromatic heterocycles. The van der Waals surface area contributed by atoms with Crippen LogP contribution in [-0.2, 0) is 9.59 Å². The van der Waals surface area contributed by atoms with Crippen LogP contribution in [0.3, 0.4) is 0 Å². The fraction of sp³-hybridized carbons (Fsp3) is 0.529. The van der Waals surface area contributed by atoms with Crippen molar-refractivity contribution in [1.82, 2.24) is 5.32 Å². The monoisotopic (exact) mass is 345 g/mol. The number of nitrogens with one attached hydrogen (secondary N) is 1. The lowest BCUT2D eigenvalue weighted by Crippen LogP contribution is -2.48. The van der Waals surface area contributed by atoms with Gasteiger partial charge in [-0.1, -0.05) is 0 Å². The van der Waals surface area contributed by atoms with Crippen molar-refractivity contribution in [1.29, 1.82) is 0 Å². The third-order valence-electron chi connectivity index (χ3n) is 4.99. The number of nitrogens with zero attached hydrogens (tertiary/aromatic N) is 2. The molecule has 3 aliphatic rings. The number of hydrogen-bond acceptors (Lipinski definition) is 5. The van der Waals surface area contributed by atoms with E-state index in [0.717, 1.165) is 25.7 Å². The van der Waals surface area contributed by atoms with Crippen LogP contribution in [-0.4, -0.2) is 35.9 Å². The van der Waals surface area contributed by atoms with E-state index in [4.69, 9.17) is 4.74 Å². The zero-order chi connectivity index (χ0) is 17.6. The lowest BCUT2D eigenvalue weighted by Gasteiger charge is -2.29. The molecule has 2 saturated carbocycles. The maximum atomic E-state index is 12.5. The fourth-order valence-corrected chi connectivity index (χ4v) is 3.38. The van der Waals surface area contributed by atoms with E-state index in [2.05, 4.69) is 5.32 Å². The van der Waals surface area contributed by atoms with Crippen LogP contribution in [0.5, 0.6) is 5.75 Å². The Morgan fingerprint density at radius 2 is 2.00 bits per heavy atom. The molecule has 1 aromatic carbocycles. The quantitative estimate of drug-likeness (QED) is 0.623. The molecule has 1 aromatic rings. The van der Waals surface area contributed by atoms with E-state index in [1.165, 1.54) is 23.1 Å². The Balaban J connectivity index is 1.51. The molecule has 0 unspecified atom stereocenters. The van der Waals surface area contributed by atoms with Crippen LogP contribution < -0.4 is 15.0 Å². The number of hydrogen-bond donors (Lipinski definition) is 1. The van der Waals surface area contributed by atoms with Gasteiger partial charge in [-0.3, -0.25) is 24.6 Å². The van der Waals surface area contributed by atoms with Crippen molar-refractivity contribution < 1.29 is 19.2 Å². The Hall–Kier alpha value is -2.64. The van der Waals surface area contributed by atoms with Crippen LogP contribution >= 0.6 is 0 Å². The zero-order valence-corrected chi connectivity index (χ0v) is 13.6. The van der Waals surface area contributed by atoms with Gasteiger partial charge in [-0.2, -0.15) is 0 Å². The number of anilines is 1. The zero-order valence-electron chi connectivity index (χ0n) is 13.6. The topological polar surface area (TPSA) is 102 Å². The molecule has 8 nitrogen and oxygen atoms in total. The SMILES string of the molecule is O=C(CN1C(=O)COc2ccc([N+](=O)[O-])cc21)NC(C1CC1)C1CC1. The summed E-state index contributed by atoms with van der Waals surface area (Å²) in [5.74, 6) is 0.892. The van der Waals surface area contributed by atoms with Crippen molar-refractivity contribution in [3.05, 3.63) is 28.3 Å². The molecule has 0 bridgehead atoms. The van der Waals surface area contributed by atoms with Gasteiger partial charge < -0.3 is 10.1 Å². The lowest BCUT2D eigenvalue weighted by atomic mass is 10.1. The maximum absolute atomic E-state index is 12.5. The fourth-order valence-electron chi connectivity index (χ4n) is 3.38.